The molecule has 1 aromatic carbocycles. The van der Waals surface area contributed by atoms with Gasteiger partial charge in [-0.1, -0.05) is 5.16 Å². The van der Waals surface area contributed by atoms with E-state index in [1.807, 2.05) is 6.92 Å². The highest BCUT2D eigenvalue weighted by Gasteiger charge is 2.22. The van der Waals surface area contributed by atoms with E-state index in [1.165, 1.54) is 11.3 Å². The quantitative estimate of drug-likeness (QED) is 0.355. The fourth-order valence-electron chi connectivity index (χ4n) is 2.76. The third-order valence-electron chi connectivity index (χ3n) is 3.94. The van der Waals surface area contributed by atoms with Crippen LogP contribution < -0.4 is 20.5 Å². The molecule has 0 aliphatic carbocycles. The Morgan fingerprint density at radius 1 is 1.33 bits per heavy atom. The average molecular weight is 385 g/mol. The number of carbonyl (C=O) groups excluding carboxylic acids is 1. The summed E-state index contributed by atoms with van der Waals surface area (Å²) in [4.78, 5) is 21.6. The van der Waals surface area contributed by atoms with Crippen LogP contribution in [0.4, 0.5) is 5.95 Å². The molecular weight excluding hydrogens is 370 g/mol. The molecule has 9 nitrogen and oxygen atoms in total. The summed E-state index contributed by atoms with van der Waals surface area (Å²) in [5.74, 6) is 0.956. The van der Waals surface area contributed by atoms with Crippen molar-refractivity contribution in [3.63, 3.8) is 0 Å². The van der Waals surface area contributed by atoms with Gasteiger partial charge in [0.25, 0.3) is 5.91 Å². The molecule has 1 amide bonds. The van der Waals surface area contributed by atoms with Crippen LogP contribution in [-0.2, 0) is 0 Å². The Morgan fingerprint density at radius 3 is 2.93 bits per heavy atom. The van der Waals surface area contributed by atoms with Crippen LogP contribution >= 0.6 is 11.3 Å². The number of nitrogens with zero attached hydrogens (tertiary/aromatic N) is 3. The summed E-state index contributed by atoms with van der Waals surface area (Å²) in [6.45, 7) is 2.48. The monoisotopic (exact) mass is 385 g/mol. The number of hydrogen-bond donors (Lipinski definition) is 3. The molecule has 0 bridgehead atoms. The van der Waals surface area contributed by atoms with Crippen LogP contribution in [0, 0.1) is 0 Å². The molecule has 4 rings (SSSR count). The lowest BCUT2D eigenvalue weighted by Gasteiger charge is -2.07. The number of amides is 1. The van der Waals surface area contributed by atoms with Crippen molar-refractivity contribution in [3.8, 4) is 11.5 Å². The van der Waals surface area contributed by atoms with E-state index in [1.54, 1.807) is 24.3 Å². The van der Waals surface area contributed by atoms with Gasteiger partial charge in [0.05, 0.1) is 4.88 Å². The molecule has 0 unspecified atom stereocenters. The molecule has 0 saturated heterocycles. The van der Waals surface area contributed by atoms with Gasteiger partial charge in [-0.2, -0.15) is 0 Å². The number of hydrogen-bond acceptors (Lipinski definition) is 9. The van der Waals surface area contributed by atoms with E-state index < -0.39 is 0 Å². The van der Waals surface area contributed by atoms with Crippen LogP contribution in [-0.4, -0.2) is 40.1 Å². The molecule has 2 aromatic heterocycles. The van der Waals surface area contributed by atoms with Gasteiger partial charge < -0.3 is 25.7 Å². The van der Waals surface area contributed by atoms with Gasteiger partial charge in [-0.05, 0) is 31.2 Å². The lowest BCUT2D eigenvalue weighted by atomic mass is 10.0. The van der Waals surface area contributed by atoms with Crippen molar-refractivity contribution >= 4 is 39.1 Å². The minimum Gasteiger partial charge on any atom is -0.454 e. The molecule has 27 heavy (non-hydrogen) atoms. The van der Waals surface area contributed by atoms with Gasteiger partial charge in [0, 0.05) is 17.5 Å². The van der Waals surface area contributed by atoms with Gasteiger partial charge in [0.1, 0.15) is 16.2 Å². The first-order valence-corrected chi connectivity index (χ1v) is 8.90. The van der Waals surface area contributed by atoms with Gasteiger partial charge in [0.2, 0.25) is 12.7 Å². The Morgan fingerprint density at radius 2 is 2.15 bits per heavy atom. The van der Waals surface area contributed by atoms with E-state index in [0.29, 0.717) is 44.4 Å². The smallest absolute Gasteiger partial charge is 0.261 e. The molecule has 0 radical (unpaired) electrons. The molecule has 0 atom stereocenters. The molecular formula is C17H15N5O4S. The van der Waals surface area contributed by atoms with Gasteiger partial charge in [0.15, 0.2) is 11.5 Å². The summed E-state index contributed by atoms with van der Waals surface area (Å²) >= 11 is 1.19. The number of nitrogens with one attached hydrogen (secondary N) is 1. The third kappa shape index (κ3) is 2.99. The minimum atomic E-state index is -0.212. The number of thiophene rings is 1. The first-order valence-electron chi connectivity index (χ1n) is 8.08. The summed E-state index contributed by atoms with van der Waals surface area (Å²) in [5.41, 5.74) is 6.91. The summed E-state index contributed by atoms with van der Waals surface area (Å²) in [6.07, 6.45) is 0. The van der Waals surface area contributed by atoms with Crippen molar-refractivity contribution in [2.24, 2.45) is 5.16 Å². The lowest BCUT2D eigenvalue weighted by molar-refractivity contribution is 0.0960. The number of benzene rings is 1. The zero-order valence-corrected chi connectivity index (χ0v) is 15.0. The second-order valence-electron chi connectivity index (χ2n) is 5.64. The van der Waals surface area contributed by atoms with Crippen LogP contribution in [0.25, 0.3) is 10.2 Å². The number of carbonyl (C=O) groups is 1. The zero-order chi connectivity index (χ0) is 19.0. The Bertz CT molecular complexity index is 1080. The molecule has 0 fully saturated rings. The third-order valence-corrected chi connectivity index (χ3v) is 4.97. The largest absolute Gasteiger partial charge is 0.454 e. The highest BCUT2D eigenvalue weighted by Crippen LogP contribution is 2.34. The van der Waals surface area contributed by atoms with Crippen LogP contribution in [0.5, 0.6) is 11.5 Å². The maximum Gasteiger partial charge on any atom is 0.261 e. The van der Waals surface area contributed by atoms with Gasteiger partial charge >= 0.3 is 0 Å². The molecule has 4 N–H and O–H groups in total. The van der Waals surface area contributed by atoms with E-state index in [-0.39, 0.29) is 24.4 Å². The average Bonchev–Trinajstić information content (AvgIpc) is 3.28. The number of aromatic nitrogens is 2. The standard InChI is InChI=1S/C17H15N5O4S/c1-2-19-15(23)12-6-9-14(20-17(18)21-16(9)27-12)13(22-24)8-3-4-10-11(5-8)26-7-25-10/h3-6,24H,2,7H2,1H3,(H,19,23)(H2,18,20,21)/b22-13+. The van der Waals surface area contributed by atoms with Gasteiger partial charge in [-0.3, -0.25) is 4.79 Å². The highest BCUT2D eigenvalue weighted by molar-refractivity contribution is 7.20. The van der Waals surface area contributed by atoms with E-state index in [2.05, 4.69) is 20.4 Å². The second-order valence-corrected chi connectivity index (χ2v) is 6.67. The Labute approximate surface area is 157 Å². The van der Waals surface area contributed by atoms with Crippen molar-refractivity contribution < 1.29 is 19.5 Å². The molecule has 0 saturated carbocycles. The van der Waals surface area contributed by atoms with Crippen LogP contribution in [0.3, 0.4) is 0 Å². The number of nitrogens with two attached hydrogens (primary N) is 1. The normalized spacial score (nSPS) is 13.1. The van der Waals surface area contributed by atoms with E-state index in [0.717, 1.165) is 0 Å². The molecule has 1 aliphatic heterocycles. The summed E-state index contributed by atoms with van der Waals surface area (Å²) in [6, 6.07) is 6.80. The first-order chi connectivity index (χ1) is 13.1. The van der Waals surface area contributed by atoms with Gasteiger partial charge in [-0.15, -0.1) is 11.3 Å². The fraction of sp³-hybridized carbons (Fsp3) is 0.176. The lowest BCUT2D eigenvalue weighted by Crippen LogP contribution is -2.21. The van der Waals surface area contributed by atoms with Crippen molar-refractivity contribution in [2.75, 3.05) is 19.1 Å². The number of nitrogen functional groups attached to an aromatic ring is 1. The van der Waals surface area contributed by atoms with E-state index >= 15 is 0 Å². The maximum atomic E-state index is 12.2. The SMILES string of the molecule is CCNC(=O)c1cc2c(/C(=N/O)c3ccc4c(c3)OCO4)nc(N)nc2s1. The predicted octanol–water partition coefficient (Wildman–Crippen LogP) is 1.98. The van der Waals surface area contributed by atoms with Crippen molar-refractivity contribution in [2.45, 2.75) is 6.92 Å². The minimum absolute atomic E-state index is 0.0173. The first kappa shape index (κ1) is 17.0. The summed E-state index contributed by atoms with van der Waals surface area (Å²) < 4.78 is 10.7. The molecule has 138 valence electrons. The molecule has 3 aromatic rings. The number of oxime groups is 1. The van der Waals surface area contributed by atoms with Crippen molar-refractivity contribution in [1.29, 1.82) is 0 Å². The number of anilines is 1. The Hall–Kier alpha value is -3.40. The second kappa shape index (κ2) is 6.72. The Kier molecular flexibility index (Phi) is 4.24. The number of fused-ring (bicyclic) bond motifs is 2. The number of rotatable bonds is 4. The van der Waals surface area contributed by atoms with Crippen LogP contribution in [0.2, 0.25) is 0 Å². The predicted molar refractivity (Wildman–Crippen MR) is 99.8 cm³/mol. The van der Waals surface area contributed by atoms with Crippen molar-refractivity contribution in [1.82, 2.24) is 15.3 Å². The zero-order valence-electron chi connectivity index (χ0n) is 14.2. The fourth-order valence-corrected chi connectivity index (χ4v) is 3.72. The van der Waals surface area contributed by atoms with Crippen LogP contribution in [0.15, 0.2) is 29.4 Å². The number of ether oxygens (including phenoxy) is 2. The van der Waals surface area contributed by atoms with Gasteiger partial charge in [-0.25, -0.2) is 9.97 Å². The maximum absolute atomic E-state index is 12.2. The highest BCUT2D eigenvalue weighted by atomic mass is 32.1. The molecule has 0 spiro atoms. The molecule has 1 aliphatic rings. The van der Waals surface area contributed by atoms with E-state index in [9.17, 15) is 10.0 Å². The van der Waals surface area contributed by atoms with Crippen LogP contribution in [0.1, 0.15) is 27.9 Å². The molecule has 10 heteroatoms. The summed E-state index contributed by atoms with van der Waals surface area (Å²) in [5, 5.41) is 16.4. The summed E-state index contributed by atoms with van der Waals surface area (Å²) in [7, 11) is 0. The van der Waals surface area contributed by atoms with E-state index in [4.69, 9.17) is 15.2 Å². The van der Waals surface area contributed by atoms with Crippen molar-refractivity contribution in [3.05, 3.63) is 40.4 Å². The molecule has 3 heterocycles. The Balaban J connectivity index is 1.85. The topological polar surface area (TPSA) is 132 Å².